The van der Waals surface area contributed by atoms with Crippen LogP contribution in [0.4, 0.5) is 6.01 Å². The number of benzene rings is 2. The van der Waals surface area contributed by atoms with Gasteiger partial charge in [0.2, 0.25) is 5.91 Å². The third-order valence-corrected chi connectivity index (χ3v) is 5.28. The molecule has 0 bridgehead atoms. The Bertz CT molecular complexity index is 941. The van der Waals surface area contributed by atoms with Crippen LogP contribution >= 0.6 is 0 Å². The van der Waals surface area contributed by atoms with Gasteiger partial charge in [-0.1, -0.05) is 19.1 Å². The van der Waals surface area contributed by atoms with Gasteiger partial charge in [0.05, 0.1) is 31.4 Å². The Balaban J connectivity index is 1.71. The van der Waals surface area contributed by atoms with E-state index >= 15 is 0 Å². The van der Waals surface area contributed by atoms with Gasteiger partial charge in [-0.2, -0.15) is 4.98 Å². The number of hydrogen-bond donors (Lipinski definition) is 1. The van der Waals surface area contributed by atoms with Crippen molar-refractivity contribution in [2.45, 2.75) is 18.2 Å². The van der Waals surface area contributed by atoms with Crippen LogP contribution in [0, 0.1) is 0 Å². The SMILES string of the molecule is CCS(=O)c1ccc(CC(=O)Nc2nc3cc(OC)c(OC)cc3o2)cc1. The Morgan fingerprint density at radius 1 is 1.15 bits per heavy atom. The van der Waals surface area contributed by atoms with Crippen molar-refractivity contribution in [3.8, 4) is 11.5 Å². The van der Waals surface area contributed by atoms with Crippen LogP contribution in [0.2, 0.25) is 0 Å². The second-order valence-electron chi connectivity index (χ2n) is 5.70. The summed E-state index contributed by atoms with van der Waals surface area (Å²) in [5, 5.41) is 2.65. The molecule has 0 saturated heterocycles. The number of aromatic nitrogens is 1. The average molecular weight is 388 g/mol. The zero-order chi connectivity index (χ0) is 19.4. The second-order valence-corrected chi connectivity index (χ2v) is 7.44. The number of methoxy groups -OCH3 is 2. The smallest absolute Gasteiger partial charge is 0.302 e. The predicted octanol–water partition coefficient (Wildman–Crippen LogP) is 3.15. The number of carbonyl (C=O) groups is 1. The summed E-state index contributed by atoms with van der Waals surface area (Å²) in [6, 6.07) is 10.6. The summed E-state index contributed by atoms with van der Waals surface area (Å²) in [6.45, 7) is 1.86. The van der Waals surface area contributed by atoms with Gasteiger partial charge < -0.3 is 13.9 Å². The lowest BCUT2D eigenvalue weighted by molar-refractivity contribution is -0.115. The van der Waals surface area contributed by atoms with Crippen LogP contribution < -0.4 is 14.8 Å². The first-order chi connectivity index (χ1) is 13.0. The number of oxazole rings is 1. The first-order valence-corrected chi connectivity index (χ1v) is 9.65. The molecule has 1 amide bonds. The second kappa shape index (κ2) is 8.22. The van der Waals surface area contributed by atoms with Gasteiger partial charge in [-0.15, -0.1) is 0 Å². The fraction of sp³-hybridized carbons (Fsp3) is 0.263. The molecule has 0 saturated carbocycles. The summed E-state index contributed by atoms with van der Waals surface area (Å²) < 4.78 is 27.8. The summed E-state index contributed by atoms with van der Waals surface area (Å²) in [4.78, 5) is 17.3. The first kappa shape index (κ1) is 18.9. The maximum Gasteiger partial charge on any atom is 0.302 e. The number of anilines is 1. The zero-order valence-electron chi connectivity index (χ0n) is 15.3. The van der Waals surface area contributed by atoms with Gasteiger partial charge in [-0.25, -0.2) is 0 Å². The van der Waals surface area contributed by atoms with E-state index in [-0.39, 0.29) is 18.3 Å². The van der Waals surface area contributed by atoms with Gasteiger partial charge >= 0.3 is 6.01 Å². The number of fused-ring (bicyclic) bond motifs is 1. The Hall–Kier alpha value is -2.87. The van der Waals surface area contributed by atoms with Crippen molar-refractivity contribution in [3.05, 3.63) is 42.0 Å². The molecular weight excluding hydrogens is 368 g/mol. The van der Waals surface area contributed by atoms with Gasteiger partial charge in [0, 0.05) is 22.8 Å². The van der Waals surface area contributed by atoms with E-state index in [4.69, 9.17) is 13.9 Å². The molecule has 0 aliphatic carbocycles. The predicted molar refractivity (Wildman–Crippen MR) is 103 cm³/mol. The summed E-state index contributed by atoms with van der Waals surface area (Å²) >= 11 is 0. The lowest BCUT2D eigenvalue weighted by atomic mass is 10.1. The molecule has 1 atom stereocenters. The van der Waals surface area contributed by atoms with Gasteiger partial charge in [0.1, 0.15) is 5.52 Å². The third-order valence-electron chi connectivity index (χ3n) is 3.95. The molecule has 0 radical (unpaired) electrons. The monoisotopic (exact) mass is 388 g/mol. The fourth-order valence-corrected chi connectivity index (χ4v) is 3.36. The van der Waals surface area contributed by atoms with Crippen LogP contribution in [0.5, 0.6) is 11.5 Å². The van der Waals surface area contributed by atoms with E-state index in [9.17, 15) is 9.00 Å². The van der Waals surface area contributed by atoms with Gasteiger partial charge in [-0.3, -0.25) is 14.3 Å². The molecule has 0 aliphatic heterocycles. The van der Waals surface area contributed by atoms with E-state index in [1.54, 1.807) is 36.4 Å². The number of carbonyl (C=O) groups excluding carboxylic acids is 1. The molecule has 8 heteroatoms. The lowest BCUT2D eigenvalue weighted by Gasteiger charge is -2.05. The molecule has 1 aromatic heterocycles. The van der Waals surface area contributed by atoms with E-state index in [0.717, 1.165) is 10.5 Å². The fourth-order valence-electron chi connectivity index (χ4n) is 2.58. The highest BCUT2D eigenvalue weighted by atomic mass is 32.2. The number of hydrogen-bond acceptors (Lipinski definition) is 6. The van der Waals surface area contributed by atoms with Crippen LogP contribution in [0.1, 0.15) is 12.5 Å². The van der Waals surface area contributed by atoms with Crippen molar-refractivity contribution in [2.24, 2.45) is 0 Å². The molecule has 27 heavy (non-hydrogen) atoms. The van der Waals surface area contributed by atoms with E-state index in [1.807, 2.05) is 6.92 Å². The molecule has 0 fully saturated rings. The molecule has 1 N–H and O–H groups in total. The summed E-state index contributed by atoms with van der Waals surface area (Å²) in [7, 11) is 2.06. The lowest BCUT2D eigenvalue weighted by Crippen LogP contribution is -2.14. The first-order valence-electron chi connectivity index (χ1n) is 8.33. The summed E-state index contributed by atoms with van der Waals surface area (Å²) in [5.74, 6) is 1.35. The Kier molecular flexibility index (Phi) is 5.75. The standard InChI is InChI=1S/C19H20N2O5S/c1-4-27(23)13-7-5-12(6-8-13)9-18(22)21-19-20-14-10-16(24-2)17(25-3)11-15(14)26-19/h5-8,10-11H,4,9H2,1-3H3,(H,20,21,22). The number of nitrogens with zero attached hydrogens (tertiary/aromatic N) is 1. The molecule has 3 aromatic rings. The highest BCUT2D eigenvalue weighted by molar-refractivity contribution is 7.85. The van der Waals surface area contributed by atoms with Crippen molar-refractivity contribution in [2.75, 3.05) is 25.3 Å². The Labute approximate surface area is 159 Å². The van der Waals surface area contributed by atoms with Crippen molar-refractivity contribution < 1.29 is 22.9 Å². The molecule has 2 aromatic carbocycles. The van der Waals surface area contributed by atoms with Gasteiger partial charge in [0.15, 0.2) is 17.1 Å². The zero-order valence-corrected chi connectivity index (χ0v) is 16.1. The van der Waals surface area contributed by atoms with E-state index in [2.05, 4.69) is 10.3 Å². The molecule has 3 rings (SSSR count). The molecule has 0 spiro atoms. The third kappa shape index (κ3) is 4.28. The molecule has 0 aliphatic rings. The molecule has 1 unspecified atom stereocenters. The summed E-state index contributed by atoms with van der Waals surface area (Å²) in [6.07, 6.45) is 0.157. The van der Waals surface area contributed by atoms with Crippen LogP contribution in [-0.2, 0) is 22.0 Å². The number of rotatable bonds is 7. The van der Waals surface area contributed by atoms with Gasteiger partial charge in [0.25, 0.3) is 0 Å². The largest absolute Gasteiger partial charge is 0.493 e. The maximum atomic E-state index is 12.3. The van der Waals surface area contributed by atoms with Crippen molar-refractivity contribution in [3.63, 3.8) is 0 Å². The van der Waals surface area contributed by atoms with Crippen molar-refractivity contribution >= 4 is 33.8 Å². The van der Waals surface area contributed by atoms with Crippen LogP contribution in [0.15, 0.2) is 45.7 Å². The van der Waals surface area contributed by atoms with Gasteiger partial charge in [-0.05, 0) is 17.7 Å². The van der Waals surface area contributed by atoms with E-state index in [1.165, 1.54) is 14.2 Å². The van der Waals surface area contributed by atoms with Crippen molar-refractivity contribution in [1.82, 2.24) is 4.98 Å². The van der Waals surface area contributed by atoms with Crippen LogP contribution in [0.25, 0.3) is 11.1 Å². The topological polar surface area (TPSA) is 90.7 Å². The Morgan fingerprint density at radius 2 is 1.81 bits per heavy atom. The number of ether oxygens (including phenoxy) is 2. The van der Waals surface area contributed by atoms with Crippen LogP contribution in [0.3, 0.4) is 0 Å². The minimum absolute atomic E-state index is 0.106. The molecular formula is C19H20N2O5S. The maximum absolute atomic E-state index is 12.3. The number of nitrogens with one attached hydrogen (secondary N) is 1. The normalized spacial score (nSPS) is 12.0. The highest BCUT2D eigenvalue weighted by Gasteiger charge is 2.14. The van der Waals surface area contributed by atoms with E-state index in [0.29, 0.717) is 28.4 Å². The average Bonchev–Trinajstić information content (AvgIpc) is 3.07. The van der Waals surface area contributed by atoms with Crippen LogP contribution in [-0.4, -0.2) is 35.1 Å². The van der Waals surface area contributed by atoms with Crippen molar-refractivity contribution in [1.29, 1.82) is 0 Å². The molecule has 1 heterocycles. The Morgan fingerprint density at radius 3 is 2.44 bits per heavy atom. The van der Waals surface area contributed by atoms with E-state index < -0.39 is 10.8 Å². The quantitative estimate of drug-likeness (QED) is 0.669. The molecule has 7 nitrogen and oxygen atoms in total. The minimum Gasteiger partial charge on any atom is -0.493 e. The highest BCUT2D eigenvalue weighted by Crippen LogP contribution is 2.33. The minimum atomic E-state index is -1.00. The number of amides is 1. The summed E-state index contributed by atoms with van der Waals surface area (Å²) in [5.41, 5.74) is 1.84. The molecule has 142 valence electrons.